The van der Waals surface area contributed by atoms with Crippen LogP contribution in [-0.2, 0) is 6.18 Å². The molecule has 0 saturated heterocycles. The number of rotatable bonds is 2. The standard InChI is InChI=1S/C14H10BrF3O2/c1-8-11(19)3-2-4-12(8)20-13-6-5-9(7-10(13)15)14(16,17)18/h2-7,19H,1H3. The fourth-order valence-corrected chi connectivity index (χ4v) is 2.05. The summed E-state index contributed by atoms with van der Waals surface area (Å²) in [6, 6.07) is 7.85. The van der Waals surface area contributed by atoms with Crippen molar-refractivity contribution in [2.75, 3.05) is 0 Å². The molecular formula is C14H10BrF3O2. The number of aromatic hydroxyl groups is 1. The summed E-state index contributed by atoms with van der Waals surface area (Å²) in [4.78, 5) is 0. The van der Waals surface area contributed by atoms with Gasteiger partial charge in [0, 0.05) is 5.56 Å². The quantitative estimate of drug-likeness (QED) is 0.802. The van der Waals surface area contributed by atoms with Crippen molar-refractivity contribution in [1.82, 2.24) is 0 Å². The average molecular weight is 347 g/mol. The second-order valence-electron chi connectivity index (χ2n) is 4.15. The zero-order valence-corrected chi connectivity index (χ0v) is 11.9. The Morgan fingerprint density at radius 2 is 1.80 bits per heavy atom. The Morgan fingerprint density at radius 1 is 1.10 bits per heavy atom. The largest absolute Gasteiger partial charge is 0.508 e. The van der Waals surface area contributed by atoms with E-state index in [0.29, 0.717) is 11.3 Å². The SMILES string of the molecule is Cc1c(O)cccc1Oc1ccc(C(F)(F)F)cc1Br. The van der Waals surface area contributed by atoms with E-state index >= 15 is 0 Å². The second kappa shape index (κ2) is 5.36. The van der Waals surface area contributed by atoms with Gasteiger partial charge in [0.2, 0.25) is 0 Å². The van der Waals surface area contributed by atoms with Crippen LogP contribution in [0.2, 0.25) is 0 Å². The lowest BCUT2D eigenvalue weighted by Crippen LogP contribution is -2.04. The van der Waals surface area contributed by atoms with Gasteiger partial charge in [0.1, 0.15) is 17.2 Å². The lowest BCUT2D eigenvalue weighted by Gasteiger charge is -2.13. The molecule has 1 N–H and O–H groups in total. The first-order chi connectivity index (χ1) is 9.29. The van der Waals surface area contributed by atoms with E-state index in [2.05, 4.69) is 15.9 Å². The summed E-state index contributed by atoms with van der Waals surface area (Å²) in [6.45, 7) is 1.66. The lowest BCUT2D eigenvalue weighted by molar-refractivity contribution is -0.137. The van der Waals surface area contributed by atoms with Gasteiger partial charge in [-0.2, -0.15) is 13.2 Å². The van der Waals surface area contributed by atoms with E-state index in [4.69, 9.17) is 4.74 Å². The van der Waals surface area contributed by atoms with Crippen molar-refractivity contribution >= 4 is 15.9 Å². The molecule has 20 heavy (non-hydrogen) atoms. The van der Waals surface area contributed by atoms with Crippen LogP contribution in [0, 0.1) is 6.92 Å². The molecule has 106 valence electrons. The van der Waals surface area contributed by atoms with E-state index in [0.717, 1.165) is 12.1 Å². The molecule has 0 aliphatic heterocycles. The Kier molecular flexibility index (Phi) is 3.94. The van der Waals surface area contributed by atoms with Gasteiger partial charge in [-0.05, 0) is 53.2 Å². The highest BCUT2D eigenvalue weighted by atomic mass is 79.9. The molecule has 0 aliphatic rings. The van der Waals surface area contributed by atoms with Crippen molar-refractivity contribution in [2.45, 2.75) is 13.1 Å². The van der Waals surface area contributed by atoms with Gasteiger partial charge >= 0.3 is 6.18 Å². The average Bonchev–Trinajstić information content (AvgIpc) is 2.36. The van der Waals surface area contributed by atoms with E-state index in [1.807, 2.05) is 0 Å². The van der Waals surface area contributed by atoms with Crippen LogP contribution in [0.15, 0.2) is 40.9 Å². The highest BCUT2D eigenvalue weighted by molar-refractivity contribution is 9.10. The van der Waals surface area contributed by atoms with Gasteiger partial charge < -0.3 is 9.84 Å². The molecule has 0 spiro atoms. The number of phenolic OH excluding ortho intramolecular Hbond substituents is 1. The number of halogens is 4. The van der Waals surface area contributed by atoms with Gasteiger partial charge in [0.15, 0.2) is 0 Å². The summed E-state index contributed by atoms with van der Waals surface area (Å²) in [5.41, 5.74) is -0.247. The first kappa shape index (κ1) is 14.7. The van der Waals surface area contributed by atoms with Crippen LogP contribution in [0.5, 0.6) is 17.2 Å². The van der Waals surface area contributed by atoms with E-state index in [-0.39, 0.29) is 16.0 Å². The zero-order valence-electron chi connectivity index (χ0n) is 10.3. The Morgan fingerprint density at radius 3 is 2.40 bits per heavy atom. The molecule has 2 aromatic rings. The molecule has 0 heterocycles. The molecule has 2 nitrogen and oxygen atoms in total. The van der Waals surface area contributed by atoms with Crippen LogP contribution < -0.4 is 4.74 Å². The summed E-state index contributed by atoms with van der Waals surface area (Å²) in [5, 5.41) is 9.56. The Balaban J connectivity index is 2.33. The van der Waals surface area contributed by atoms with Crippen LogP contribution >= 0.6 is 15.9 Å². The molecule has 2 aromatic carbocycles. The molecule has 0 aromatic heterocycles. The van der Waals surface area contributed by atoms with E-state index in [1.165, 1.54) is 12.1 Å². The Labute approximate surface area is 121 Å². The third-order valence-corrected chi connectivity index (χ3v) is 3.35. The van der Waals surface area contributed by atoms with Gasteiger partial charge in [0.05, 0.1) is 10.0 Å². The van der Waals surface area contributed by atoms with Gasteiger partial charge in [-0.15, -0.1) is 0 Å². The molecular weight excluding hydrogens is 337 g/mol. The fraction of sp³-hybridized carbons (Fsp3) is 0.143. The first-order valence-corrected chi connectivity index (χ1v) is 6.41. The summed E-state index contributed by atoms with van der Waals surface area (Å²) in [5.74, 6) is 0.683. The number of benzene rings is 2. The molecule has 0 fully saturated rings. The van der Waals surface area contributed by atoms with Crippen LogP contribution in [0.3, 0.4) is 0 Å². The molecule has 0 atom stereocenters. The first-order valence-electron chi connectivity index (χ1n) is 5.62. The van der Waals surface area contributed by atoms with E-state index < -0.39 is 11.7 Å². The number of ether oxygens (including phenoxy) is 1. The molecule has 0 aliphatic carbocycles. The zero-order chi connectivity index (χ0) is 14.9. The minimum Gasteiger partial charge on any atom is -0.508 e. The maximum Gasteiger partial charge on any atom is 0.416 e. The maximum absolute atomic E-state index is 12.5. The van der Waals surface area contributed by atoms with Crippen molar-refractivity contribution in [3.63, 3.8) is 0 Å². The van der Waals surface area contributed by atoms with Crippen LogP contribution in [0.25, 0.3) is 0 Å². The predicted molar refractivity (Wildman–Crippen MR) is 72.1 cm³/mol. The third-order valence-electron chi connectivity index (χ3n) is 2.73. The van der Waals surface area contributed by atoms with Crippen molar-refractivity contribution < 1.29 is 23.0 Å². The second-order valence-corrected chi connectivity index (χ2v) is 5.00. The predicted octanol–water partition coefficient (Wildman–Crippen LogP) is 5.27. The molecule has 0 saturated carbocycles. The van der Waals surface area contributed by atoms with Crippen molar-refractivity contribution in [3.05, 3.63) is 52.0 Å². The fourth-order valence-electron chi connectivity index (χ4n) is 1.59. The van der Waals surface area contributed by atoms with Crippen LogP contribution in [0.4, 0.5) is 13.2 Å². The van der Waals surface area contributed by atoms with Crippen molar-refractivity contribution in [3.8, 4) is 17.2 Å². The molecule has 0 amide bonds. The van der Waals surface area contributed by atoms with E-state index in [9.17, 15) is 18.3 Å². The van der Waals surface area contributed by atoms with Crippen LogP contribution in [0.1, 0.15) is 11.1 Å². The summed E-state index contributed by atoms with van der Waals surface area (Å²) in [7, 11) is 0. The maximum atomic E-state index is 12.5. The van der Waals surface area contributed by atoms with Crippen LogP contribution in [-0.4, -0.2) is 5.11 Å². The summed E-state index contributed by atoms with van der Waals surface area (Å²) in [6.07, 6.45) is -4.40. The lowest BCUT2D eigenvalue weighted by atomic mass is 10.2. The number of alkyl halides is 3. The normalized spacial score (nSPS) is 11.4. The Hall–Kier alpha value is -1.69. The van der Waals surface area contributed by atoms with Gasteiger partial charge in [-0.25, -0.2) is 0 Å². The summed E-state index contributed by atoms with van der Waals surface area (Å²) >= 11 is 3.05. The van der Waals surface area contributed by atoms with E-state index in [1.54, 1.807) is 19.1 Å². The summed E-state index contributed by atoms with van der Waals surface area (Å²) < 4.78 is 43.4. The molecule has 0 bridgehead atoms. The Bertz CT molecular complexity index is 639. The monoisotopic (exact) mass is 346 g/mol. The van der Waals surface area contributed by atoms with Crippen molar-refractivity contribution in [1.29, 1.82) is 0 Å². The molecule has 6 heteroatoms. The molecule has 0 unspecified atom stereocenters. The number of phenols is 1. The molecule has 0 radical (unpaired) electrons. The highest BCUT2D eigenvalue weighted by Gasteiger charge is 2.31. The topological polar surface area (TPSA) is 29.5 Å². The number of hydrogen-bond acceptors (Lipinski definition) is 2. The smallest absolute Gasteiger partial charge is 0.416 e. The van der Waals surface area contributed by atoms with Gasteiger partial charge in [-0.3, -0.25) is 0 Å². The number of hydrogen-bond donors (Lipinski definition) is 1. The highest BCUT2D eigenvalue weighted by Crippen LogP contribution is 2.38. The van der Waals surface area contributed by atoms with Gasteiger partial charge in [0.25, 0.3) is 0 Å². The third kappa shape index (κ3) is 3.07. The molecule has 2 rings (SSSR count). The minimum absolute atomic E-state index is 0.0607. The minimum atomic E-state index is -4.40. The van der Waals surface area contributed by atoms with Crippen molar-refractivity contribution in [2.24, 2.45) is 0 Å². The van der Waals surface area contributed by atoms with Gasteiger partial charge in [-0.1, -0.05) is 6.07 Å².